The summed E-state index contributed by atoms with van der Waals surface area (Å²) in [6, 6.07) is 9.63. The Hall–Kier alpha value is -2.39. The summed E-state index contributed by atoms with van der Waals surface area (Å²) in [7, 11) is 0. The van der Waals surface area contributed by atoms with Crippen LogP contribution in [-0.2, 0) is 13.0 Å². The van der Waals surface area contributed by atoms with Crippen molar-refractivity contribution in [1.29, 1.82) is 5.26 Å². The number of rotatable bonds is 7. The second kappa shape index (κ2) is 7.13. The fraction of sp³-hybridized carbons (Fsp3) is 0.308. The number of hydrogen-bond donors (Lipinski definition) is 2. The van der Waals surface area contributed by atoms with Gasteiger partial charge in [-0.2, -0.15) is 10.4 Å². The molecule has 1 heterocycles. The summed E-state index contributed by atoms with van der Waals surface area (Å²) in [5.74, 6) is 1.60. The van der Waals surface area contributed by atoms with Crippen molar-refractivity contribution in [2.75, 3.05) is 13.2 Å². The van der Waals surface area contributed by atoms with Crippen molar-refractivity contribution in [3.8, 4) is 11.8 Å². The molecule has 2 rings (SSSR count). The molecule has 0 amide bonds. The summed E-state index contributed by atoms with van der Waals surface area (Å²) in [6.45, 7) is 1.70. The highest BCUT2D eigenvalue weighted by Crippen LogP contribution is 2.11. The van der Waals surface area contributed by atoms with Crippen LogP contribution in [-0.4, -0.2) is 28.3 Å². The van der Waals surface area contributed by atoms with Gasteiger partial charge in [-0.3, -0.25) is 5.10 Å². The molecular weight excluding hydrogens is 242 g/mol. The smallest absolute Gasteiger partial charge is 0.174 e. The van der Waals surface area contributed by atoms with E-state index in [0.717, 1.165) is 25.3 Å². The van der Waals surface area contributed by atoms with Crippen LogP contribution in [0.3, 0.4) is 0 Å². The average molecular weight is 257 g/mol. The lowest BCUT2D eigenvalue weighted by molar-refractivity contribution is 0.368. The number of nitriles is 1. The van der Waals surface area contributed by atoms with Crippen LogP contribution in [0.1, 0.15) is 11.4 Å². The Morgan fingerprint density at radius 1 is 1.32 bits per heavy atom. The molecule has 0 bridgehead atoms. The van der Waals surface area contributed by atoms with E-state index >= 15 is 0 Å². The van der Waals surface area contributed by atoms with Crippen molar-refractivity contribution in [2.45, 2.75) is 13.0 Å². The molecule has 0 aliphatic rings. The minimum absolute atomic E-state index is 0.0782. The Balaban J connectivity index is 1.69. The van der Waals surface area contributed by atoms with Gasteiger partial charge in [0.25, 0.3) is 0 Å². The molecule has 0 radical (unpaired) electrons. The second-order valence-electron chi connectivity index (χ2n) is 3.95. The summed E-state index contributed by atoms with van der Waals surface area (Å²) in [5.41, 5.74) is 1.17. The van der Waals surface area contributed by atoms with Gasteiger partial charge in [0.2, 0.25) is 0 Å². The van der Waals surface area contributed by atoms with Crippen molar-refractivity contribution < 1.29 is 4.74 Å². The molecule has 2 aromatic rings. The zero-order valence-electron chi connectivity index (χ0n) is 10.5. The summed E-state index contributed by atoms with van der Waals surface area (Å²) >= 11 is 0. The van der Waals surface area contributed by atoms with Gasteiger partial charge in [0.05, 0.1) is 0 Å². The fourth-order valence-electron chi connectivity index (χ4n) is 1.61. The highest BCUT2D eigenvalue weighted by Gasteiger charge is 1.97. The first-order valence-corrected chi connectivity index (χ1v) is 6.02. The maximum atomic E-state index is 8.41. The van der Waals surface area contributed by atoms with Crippen LogP contribution in [0.15, 0.2) is 30.6 Å². The largest absolute Gasteiger partial charge is 0.479 e. The molecule has 0 aliphatic carbocycles. The highest BCUT2D eigenvalue weighted by molar-refractivity contribution is 5.27. The Morgan fingerprint density at radius 2 is 2.16 bits per heavy atom. The standard InChI is InChI=1S/C13H15N5O/c14-6-8-19-12-3-1-11(2-4-12)9-15-7-5-13-16-10-17-18-13/h1-4,10,15H,5,7-9H2,(H,16,17,18). The van der Waals surface area contributed by atoms with Crippen LogP contribution in [0, 0.1) is 11.3 Å². The van der Waals surface area contributed by atoms with Gasteiger partial charge in [-0.25, -0.2) is 4.98 Å². The molecular formula is C13H15N5O. The van der Waals surface area contributed by atoms with E-state index in [0.29, 0.717) is 5.75 Å². The van der Waals surface area contributed by atoms with E-state index in [1.165, 1.54) is 11.9 Å². The Labute approximate surface area is 111 Å². The predicted octanol–water partition coefficient (Wildman–Crippen LogP) is 1.04. The number of aromatic amines is 1. The lowest BCUT2D eigenvalue weighted by Gasteiger charge is -2.05. The number of aromatic nitrogens is 3. The lowest BCUT2D eigenvalue weighted by Crippen LogP contribution is -2.17. The van der Waals surface area contributed by atoms with Crippen molar-refractivity contribution >= 4 is 0 Å². The normalized spacial score (nSPS) is 10.1. The monoisotopic (exact) mass is 257 g/mol. The van der Waals surface area contributed by atoms with Crippen LogP contribution >= 0.6 is 0 Å². The summed E-state index contributed by atoms with van der Waals surface area (Å²) in [4.78, 5) is 4.05. The third-order valence-corrected chi connectivity index (χ3v) is 2.56. The van der Waals surface area contributed by atoms with Crippen LogP contribution in [0.25, 0.3) is 0 Å². The number of H-pyrrole nitrogens is 1. The minimum Gasteiger partial charge on any atom is -0.479 e. The number of ether oxygens (including phenoxy) is 1. The molecule has 0 fully saturated rings. The van der Waals surface area contributed by atoms with Gasteiger partial charge >= 0.3 is 0 Å². The molecule has 2 N–H and O–H groups in total. The van der Waals surface area contributed by atoms with E-state index in [2.05, 4.69) is 20.5 Å². The average Bonchev–Trinajstić information content (AvgIpc) is 2.96. The van der Waals surface area contributed by atoms with E-state index in [1.54, 1.807) is 0 Å². The zero-order chi connectivity index (χ0) is 13.3. The Morgan fingerprint density at radius 3 is 2.84 bits per heavy atom. The number of nitrogens with one attached hydrogen (secondary N) is 2. The summed E-state index contributed by atoms with van der Waals surface area (Å²) in [5, 5.41) is 18.3. The Kier molecular flexibility index (Phi) is 4.90. The number of hydrogen-bond acceptors (Lipinski definition) is 5. The third-order valence-electron chi connectivity index (χ3n) is 2.56. The van der Waals surface area contributed by atoms with Crippen LogP contribution in [0.2, 0.25) is 0 Å². The first-order valence-electron chi connectivity index (χ1n) is 6.02. The van der Waals surface area contributed by atoms with Gasteiger partial charge in [0, 0.05) is 19.5 Å². The molecule has 0 atom stereocenters. The van der Waals surface area contributed by atoms with E-state index in [1.807, 2.05) is 30.3 Å². The van der Waals surface area contributed by atoms with Gasteiger partial charge < -0.3 is 10.1 Å². The Bertz CT molecular complexity index is 515. The third kappa shape index (κ3) is 4.41. The molecule has 98 valence electrons. The van der Waals surface area contributed by atoms with Gasteiger partial charge in [0.1, 0.15) is 24.0 Å². The van der Waals surface area contributed by atoms with Crippen molar-refractivity contribution in [3.05, 3.63) is 42.0 Å². The number of benzene rings is 1. The van der Waals surface area contributed by atoms with Crippen LogP contribution in [0.4, 0.5) is 0 Å². The van der Waals surface area contributed by atoms with E-state index in [4.69, 9.17) is 10.00 Å². The molecule has 0 saturated carbocycles. The first-order chi connectivity index (χ1) is 9.38. The fourth-order valence-corrected chi connectivity index (χ4v) is 1.61. The van der Waals surface area contributed by atoms with Gasteiger partial charge in [-0.1, -0.05) is 12.1 Å². The first kappa shape index (κ1) is 13.1. The molecule has 0 aliphatic heterocycles. The van der Waals surface area contributed by atoms with Gasteiger partial charge in [-0.05, 0) is 17.7 Å². The molecule has 6 nitrogen and oxygen atoms in total. The maximum absolute atomic E-state index is 8.41. The molecule has 0 unspecified atom stereocenters. The quantitative estimate of drug-likeness (QED) is 0.724. The van der Waals surface area contributed by atoms with Crippen molar-refractivity contribution in [1.82, 2.24) is 20.5 Å². The van der Waals surface area contributed by atoms with E-state index < -0.39 is 0 Å². The maximum Gasteiger partial charge on any atom is 0.174 e. The molecule has 19 heavy (non-hydrogen) atoms. The van der Waals surface area contributed by atoms with Gasteiger partial charge in [0.15, 0.2) is 6.61 Å². The number of nitrogens with zero attached hydrogens (tertiary/aromatic N) is 3. The topological polar surface area (TPSA) is 86.6 Å². The van der Waals surface area contributed by atoms with E-state index in [-0.39, 0.29) is 6.61 Å². The lowest BCUT2D eigenvalue weighted by atomic mass is 10.2. The van der Waals surface area contributed by atoms with Crippen LogP contribution in [0.5, 0.6) is 5.75 Å². The van der Waals surface area contributed by atoms with Crippen molar-refractivity contribution in [3.63, 3.8) is 0 Å². The SMILES string of the molecule is N#CCOc1ccc(CNCCc2ncn[nH]2)cc1. The minimum atomic E-state index is 0.0782. The summed E-state index contributed by atoms with van der Waals surface area (Å²) < 4.78 is 5.18. The van der Waals surface area contributed by atoms with Crippen LogP contribution < -0.4 is 10.1 Å². The molecule has 0 spiro atoms. The molecule has 1 aromatic heterocycles. The highest BCUT2D eigenvalue weighted by atomic mass is 16.5. The van der Waals surface area contributed by atoms with E-state index in [9.17, 15) is 0 Å². The zero-order valence-corrected chi connectivity index (χ0v) is 10.5. The predicted molar refractivity (Wildman–Crippen MR) is 69.3 cm³/mol. The second-order valence-corrected chi connectivity index (χ2v) is 3.95. The molecule has 6 heteroatoms. The van der Waals surface area contributed by atoms with Crippen molar-refractivity contribution in [2.24, 2.45) is 0 Å². The van der Waals surface area contributed by atoms with Gasteiger partial charge in [-0.15, -0.1) is 0 Å². The summed E-state index contributed by atoms with van der Waals surface area (Å²) in [6.07, 6.45) is 2.33. The molecule has 1 aromatic carbocycles. The molecule has 0 saturated heterocycles.